The van der Waals surface area contributed by atoms with Crippen LogP contribution in [0.4, 0.5) is 0 Å². The Morgan fingerprint density at radius 1 is 1.31 bits per heavy atom. The molecular formula is C19H18ClN3O2S. The van der Waals surface area contributed by atoms with Gasteiger partial charge in [-0.05, 0) is 18.2 Å². The van der Waals surface area contributed by atoms with Crippen LogP contribution in [-0.2, 0) is 4.79 Å². The summed E-state index contributed by atoms with van der Waals surface area (Å²) in [6.07, 6.45) is 4.89. The molecule has 134 valence electrons. The average molecular weight is 388 g/mol. The maximum Gasteiger partial charge on any atom is 0.266 e. The van der Waals surface area contributed by atoms with Crippen LogP contribution in [0.5, 0.6) is 0 Å². The number of nitrogens with zero attached hydrogens (tertiary/aromatic N) is 1. The third-order valence-corrected chi connectivity index (χ3v) is 4.95. The number of carbonyl (C=O) groups is 1. The van der Waals surface area contributed by atoms with Crippen molar-refractivity contribution in [2.24, 2.45) is 5.41 Å². The molecule has 0 aliphatic rings. The van der Waals surface area contributed by atoms with Gasteiger partial charge in [-0.1, -0.05) is 44.5 Å². The number of aromatic nitrogens is 3. The van der Waals surface area contributed by atoms with Crippen molar-refractivity contribution >= 4 is 40.9 Å². The number of thiazole rings is 1. The van der Waals surface area contributed by atoms with Crippen molar-refractivity contribution in [2.45, 2.75) is 20.8 Å². The smallest absolute Gasteiger partial charge is 0.266 e. The van der Waals surface area contributed by atoms with Crippen LogP contribution in [0.2, 0.25) is 5.02 Å². The van der Waals surface area contributed by atoms with Gasteiger partial charge in [0.25, 0.3) is 5.56 Å². The molecule has 3 aromatic rings. The molecule has 0 atom stereocenters. The number of Topliss-reactive ketones (excluding diaryl/α,β-unsaturated/α-hetero) is 1. The standard InChI is InChI=1S/C19H18ClN3O2S/c1-19(2,3)15(24)9-16-22-18(25)14(26-16)8-12-10-21-23-17(12)11-5-4-6-13(20)7-11/h4-10H,1-3H3,(H,21,23)(H,22,25)/b14-8+,16-9+. The first-order chi connectivity index (χ1) is 12.2. The van der Waals surface area contributed by atoms with Gasteiger partial charge in [0.05, 0.1) is 21.1 Å². The first-order valence-corrected chi connectivity index (χ1v) is 9.20. The quantitative estimate of drug-likeness (QED) is 0.725. The number of hydrogen-bond acceptors (Lipinski definition) is 4. The molecule has 0 bridgehead atoms. The summed E-state index contributed by atoms with van der Waals surface area (Å²) in [7, 11) is 0. The molecule has 0 saturated heterocycles. The van der Waals surface area contributed by atoms with Gasteiger partial charge in [-0.2, -0.15) is 5.10 Å². The van der Waals surface area contributed by atoms with E-state index in [1.807, 2.05) is 39.0 Å². The topological polar surface area (TPSA) is 78.6 Å². The lowest BCUT2D eigenvalue weighted by Crippen LogP contribution is -2.22. The molecule has 7 heteroatoms. The number of nitrogens with one attached hydrogen (secondary N) is 2. The first kappa shape index (κ1) is 18.4. The second-order valence-corrected chi connectivity index (χ2v) is 8.42. The van der Waals surface area contributed by atoms with Gasteiger partial charge < -0.3 is 4.98 Å². The van der Waals surface area contributed by atoms with Crippen LogP contribution in [0.1, 0.15) is 26.3 Å². The van der Waals surface area contributed by atoms with Gasteiger partial charge in [-0.15, -0.1) is 11.3 Å². The predicted molar refractivity (Wildman–Crippen MR) is 106 cm³/mol. The molecule has 26 heavy (non-hydrogen) atoms. The Bertz CT molecular complexity index is 1130. The van der Waals surface area contributed by atoms with Gasteiger partial charge in [0.2, 0.25) is 0 Å². The van der Waals surface area contributed by atoms with E-state index in [0.29, 0.717) is 14.2 Å². The van der Waals surface area contributed by atoms with E-state index in [2.05, 4.69) is 15.2 Å². The summed E-state index contributed by atoms with van der Waals surface area (Å²) in [5.74, 6) is -0.0375. The fraction of sp³-hybridized carbons (Fsp3) is 0.211. The van der Waals surface area contributed by atoms with Gasteiger partial charge in [0.15, 0.2) is 5.78 Å². The van der Waals surface area contributed by atoms with E-state index in [4.69, 9.17) is 11.6 Å². The van der Waals surface area contributed by atoms with Crippen molar-refractivity contribution < 1.29 is 4.79 Å². The van der Waals surface area contributed by atoms with Gasteiger partial charge in [0, 0.05) is 27.6 Å². The molecule has 0 radical (unpaired) electrons. The van der Waals surface area contributed by atoms with Crippen molar-refractivity contribution in [2.75, 3.05) is 0 Å². The van der Waals surface area contributed by atoms with E-state index in [0.717, 1.165) is 16.8 Å². The minimum absolute atomic E-state index is 0.0375. The van der Waals surface area contributed by atoms with E-state index in [1.165, 1.54) is 17.4 Å². The summed E-state index contributed by atoms with van der Waals surface area (Å²) >= 11 is 7.30. The van der Waals surface area contributed by atoms with Gasteiger partial charge in [-0.25, -0.2) is 0 Å². The van der Waals surface area contributed by atoms with Crippen molar-refractivity contribution in [3.63, 3.8) is 0 Å². The fourth-order valence-corrected chi connectivity index (χ4v) is 3.35. The lowest BCUT2D eigenvalue weighted by atomic mass is 9.91. The molecule has 0 fully saturated rings. The molecular weight excluding hydrogens is 370 g/mol. The van der Waals surface area contributed by atoms with Crippen LogP contribution in [0.3, 0.4) is 0 Å². The van der Waals surface area contributed by atoms with Crippen LogP contribution >= 0.6 is 22.9 Å². The highest BCUT2D eigenvalue weighted by molar-refractivity contribution is 7.07. The number of aromatic amines is 2. The average Bonchev–Trinajstić information content (AvgIpc) is 3.14. The Labute approximate surface area is 159 Å². The number of rotatable bonds is 3. The molecule has 2 N–H and O–H groups in total. The number of benzene rings is 1. The minimum Gasteiger partial charge on any atom is -0.313 e. The summed E-state index contributed by atoms with van der Waals surface area (Å²) in [6, 6.07) is 7.39. The van der Waals surface area contributed by atoms with Crippen molar-refractivity contribution in [3.05, 3.63) is 60.6 Å². The van der Waals surface area contributed by atoms with Crippen molar-refractivity contribution in [3.8, 4) is 11.3 Å². The molecule has 0 aliphatic heterocycles. The predicted octanol–water partition coefficient (Wildman–Crippen LogP) is 2.70. The van der Waals surface area contributed by atoms with Crippen LogP contribution in [-0.4, -0.2) is 21.0 Å². The third-order valence-electron chi connectivity index (χ3n) is 3.75. The molecule has 0 unspecified atom stereocenters. The zero-order chi connectivity index (χ0) is 18.9. The van der Waals surface area contributed by atoms with Crippen LogP contribution in [0.25, 0.3) is 23.4 Å². The molecule has 5 nitrogen and oxygen atoms in total. The molecule has 3 rings (SSSR count). The lowest BCUT2D eigenvalue weighted by molar-refractivity contribution is -0.119. The van der Waals surface area contributed by atoms with E-state index in [1.54, 1.807) is 18.3 Å². The molecule has 0 amide bonds. The second kappa shape index (κ2) is 7.05. The molecule has 2 heterocycles. The number of hydrogen-bond donors (Lipinski definition) is 2. The van der Waals surface area contributed by atoms with Crippen molar-refractivity contribution in [1.82, 2.24) is 15.2 Å². The zero-order valence-corrected chi connectivity index (χ0v) is 16.2. The highest BCUT2D eigenvalue weighted by Crippen LogP contribution is 2.24. The molecule has 0 aliphatic carbocycles. The maximum atomic E-state index is 12.2. The monoisotopic (exact) mass is 387 g/mol. The van der Waals surface area contributed by atoms with Gasteiger partial charge >= 0.3 is 0 Å². The molecule has 1 aromatic carbocycles. The number of H-pyrrole nitrogens is 2. The van der Waals surface area contributed by atoms with E-state index < -0.39 is 5.41 Å². The van der Waals surface area contributed by atoms with Crippen LogP contribution in [0.15, 0.2) is 35.3 Å². The number of halogens is 1. The summed E-state index contributed by atoms with van der Waals surface area (Å²) in [5.41, 5.74) is 1.70. The molecule has 0 saturated carbocycles. The Morgan fingerprint density at radius 3 is 2.77 bits per heavy atom. The lowest BCUT2D eigenvalue weighted by Gasteiger charge is -2.12. The number of carbonyl (C=O) groups excluding carboxylic acids is 1. The fourth-order valence-electron chi connectivity index (χ4n) is 2.28. The zero-order valence-electron chi connectivity index (χ0n) is 14.6. The maximum absolute atomic E-state index is 12.2. The highest BCUT2D eigenvalue weighted by atomic mass is 35.5. The van der Waals surface area contributed by atoms with E-state index in [-0.39, 0.29) is 11.3 Å². The molecule has 2 aromatic heterocycles. The minimum atomic E-state index is -0.491. The summed E-state index contributed by atoms with van der Waals surface area (Å²) in [5, 5.41) is 7.63. The molecule has 0 spiro atoms. The Kier molecular flexibility index (Phi) is 4.98. The largest absolute Gasteiger partial charge is 0.313 e. The Morgan fingerprint density at radius 2 is 2.08 bits per heavy atom. The second-order valence-electron chi connectivity index (χ2n) is 6.90. The van der Waals surface area contributed by atoms with E-state index >= 15 is 0 Å². The normalized spacial score (nSPS) is 13.4. The van der Waals surface area contributed by atoms with Gasteiger partial charge in [0.1, 0.15) is 0 Å². The summed E-state index contributed by atoms with van der Waals surface area (Å²) in [6.45, 7) is 5.52. The van der Waals surface area contributed by atoms with E-state index in [9.17, 15) is 9.59 Å². The van der Waals surface area contributed by atoms with Gasteiger partial charge in [-0.3, -0.25) is 14.7 Å². The Balaban J connectivity index is 2.06. The first-order valence-electron chi connectivity index (χ1n) is 8.00. The third kappa shape index (κ3) is 4.03. The SMILES string of the molecule is CC(C)(C)C(=O)/C=c1\[nH]c(=O)/c(=C\c2cn[nH]c2-c2cccc(Cl)c2)s1. The summed E-state index contributed by atoms with van der Waals surface area (Å²) in [4.78, 5) is 27.1. The van der Waals surface area contributed by atoms with Crippen molar-refractivity contribution in [1.29, 1.82) is 0 Å². The summed E-state index contributed by atoms with van der Waals surface area (Å²) < 4.78 is 1.04. The highest BCUT2D eigenvalue weighted by Gasteiger charge is 2.18. The Hall–Kier alpha value is -2.44. The van der Waals surface area contributed by atoms with Crippen LogP contribution in [0, 0.1) is 5.41 Å². The van der Waals surface area contributed by atoms with Crippen LogP contribution < -0.4 is 14.8 Å². The number of ketones is 1.